The average molecular weight is 240 g/mol. The molecule has 0 fully saturated rings. The van der Waals surface area contributed by atoms with Crippen LogP contribution in [-0.4, -0.2) is 15.5 Å². The van der Waals surface area contributed by atoms with Gasteiger partial charge in [0.1, 0.15) is 0 Å². The van der Waals surface area contributed by atoms with Gasteiger partial charge >= 0.3 is 11.7 Å². The van der Waals surface area contributed by atoms with Crippen molar-refractivity contribution in [1.29, 1.82) is 0 Å². The molecule has 0 amide bonds. The number of halogens is 1. The third kappa shape index (κ3) is 3.61. The number of H-pyrrole nitrogens is 1. The minimum Gasteiger partial charge on any atom is -0.444 e. The van der Waals surface area contributed by atoms with Gasteiger partial charge in [0.05, 0.1) is 12.6 Å². The van der Waals surface area contributed by atoms with Crippen LogP contribution in [0.25, 0.3) is 0 Å². The molecule has 1 N–H and O–H groups in total. The maximum absolute atomic E-state index is 12.8. The van der Waals surface area contributed by atoms with E-state index in [9.17, 15) is 18.8 Å². The molecule has 0 unspecified atom stereocenters. The van der Waals surface area contributed by atoms with Gasteiger partial charge < -0.3 is 4.74 Å². The predicted octanol–water partition coefficient (Wildman–Crippen LogP) is -0.410. The monoisotopic (exact) mass is 240 g/mol. The molecule has 1 aromatic rings. The minimum absolute atomic E-state index is 0.0110. The Hall–Kier alpha value is -2.36. The van der Waals surface area contributed by atoms with E-state index in [1.165, 1.54) is 0 Å². The first-order chi connectivity index (χ1) is 8.04. The molecule has 7 heteroatoms. The molecule has 0 aliphatic rings. The molecule has 0 aliphatic carbocycles. The summed E-state index contributed by atoms with van der Waals surface area (Å²) in [6, 6.07) is 0. The number of aromatic nitrogens is 2. The Morgan fingerprint density at radius 3 is 2.94 bits per heavy atom. The van der Waals surface area contributed by atoms with E-state index in [1.807, 2.05) is 0 Å². The van der Waals surface area contributed by atoms with Crippen molar-refractivity contribution in [2.24, 2.45) is 0 Å². The second-order valence-corrected chi connectivity index (χ2v) is 3.06. The summed E-state index contributed by atoms with van der Waals surface area (Å²) in [4.78, 5) is 34.6. The Kier molecular flexibility index (Phi) is 4.22. The van der Waals surface area contributed by atoms with Gasteiger partial charge in [0.25, 0.3) is 5.56 Å². The van der Waals surface area contributed by atoms with Crippen molar-refractivity contribution < 1.29 is 13.9 Å². The highest BCUT2D eigenvalue weighted by Gasteiger charge is 2.06. The van der Waals surface area contributed by atoms with Crippen molar-refractivity contribution in [2.75, 3.05) is 0 Å². The number of esters is 1. The standard InChI is InChI=1S/C10H9FN2O4/c1-2-3-4-8(14)17-6-13-5-7(11)9(15)12-10(13)16/h1,5H,3-4,6H2,(H,12,15,16). The lowest BCUT2D eigenvalue weighted by Crippen LogP contribution is -2.32. The molecule has 1 aromatic heterocycles. The molecule has 0 saturated carbocycles. The van der Waals surface area contributed by atoms with Crippen LogP contribution < -0.4 is 11.2 Å². The first-order valence-corrected chi connectivity index (χ1v) is 4.63. The summed E-state index contributed by atoms with van der Waals surface area (Å²) in [6.07, 6.45) is 5.83. The Morgan fingerprint density at radius 1 is 1.59 bits per heavy atom. The first kappa shape index (κ1) is 12.7. The van der Waals surface area contributed by atoms with E-state index in [0.29, 0.717) is 6.20 Å². The highest BCUT2D eigenvalue weighted by Crippen LogP contribution is 1.93. The van der Waals surface area contributed by atoms with Crippen LogP contribution >= 0.6 is 0 Å². The highest BCUT2D eigenvalue weighted by molar-refractivity contribution is 5.69. The van der Waals surface area contributed by atoms with E-state index in [1.54, 1.807) is 4.98 Å². The van der Waals surface area contributed by atoms with Gasteiger partial charge in [0, 0.05) is 6.42 Å². The number of nitrogens with one attached hydrogen (secondary N) is 1. The Labute approximate surface area is 95.0 Å². The number of carbonyl (C=O) groups is 1. The fraction of sp³-hybridized carbons (Fsp3) is 0.300. The lowest BCUT2D eigenvalue weighted by molar-refractivity contribution is -0.147. The molecular weight excluding hydrogens is 231 g/mol. The smallest absolute Gasteiger partial charge is 0.331 e. The van der Waals surface area contributed by atoms with Crippen LogP contribution in [0.1, 0.15) is 12.8 Å². The van der Waals surface area contributed by atoms with E-state index in [-0.39, 0.29) is 12.8 Å². The van der Waals surface area contributed by atoms with Crippen molar-refractivity contribution in [3.8, 4) is 12.3 Å². The Balaban J connectivity index is 2.68. The molecule has 0 aliphatic heterocycles. The molecule has 0 spiro atoms. The summed E-state index contributed by atoms with van der Waals surface area (Å²) < 4.78 is 18.2. The molecule has 1 rings (SSSR count). The number of hydrogen-bond acceptors (Lipinski definition) is 4. The van der Waals surface area contributed by atoms with Gasteiger partial charge in [0.2, 0.25) is 5.82 Å². The number of carbonyl (C=O) groups excluding carboxylic acids is 1. The molecule has 6 nitrogen and oxygen atoms in total. The third-order valence-electron chi connectivity index (χ3n) is 1.81. The lowest BCUT2D eigenvalue weighted by Gasteiger charge is -2.05. The number of nitrogens with zero attached hydrogens (tertiary/aromatic N) is 1. The van der Waals surface area contributed by atoms with Gasteiger partial charge in [-0.1, -0.05) is 0 Å². The van der Waals surface area contributed by atoms with Crippen LogP contribution in [0.4, 0.5) is 4.39 Å². The molecule has 0 aromatic carbocycles. The highest BCUT2D eigenvalue weighted by atomic mass is 19.1. The SMILES string of the molecule is C#CCCC(=O)OCn1cc(F)c(=O)[nH]c1=O. The van der Waals surface area contributed by atoms with Gasteiger partial charge in [-0.05, 0) is 0 Å². The van der Waals surface area contributed by atoms with E-state index >= 15 is 0 Å². The van der Waals surface area contributed by atoms with E-state index in [4.69, 9.17) is 6.42 Å². The minimum atomic E-state index is -1.13. The van der Waals surface area contributed by atoms with Crippen molar-refractivity contribution in [2.45, 2.75) is 19.6 Å². The predicted molar refractivity (Wildman–Crippen MR) is 55.4 cm³/mol. The lowest BCUT2D eigenvalue weighted by atomic mass is 10.3. The summed E-state index contributed by atoms with van der Waals surface area (Å²) in [6.45, 7) is -0.476. The van der Waals surface area contributed by atoms with Crippen LogP contribution in [0.15, 0.2) is 15.8 Å². The summed E-state index contributed by atoms with van der Waals surface area (Å²) in [5.41, 5.74) is -1.98. The van der Waals surface area contributed by atoms with Crippen molar-refractivity contribution in [3.05, 3.63) is 32.9 Å². The second kappa shape index (κ2) is 5.65. The molecule has 0 atom stereocenters. The van der Waals surface area contributed by atoms with Crippen molar-refractivity contribution >= 4 is 5.97 Å². The maximum atomic E-state index is 12.8. The normalized spacial score (nSPS) is 9.65. The second-order valence-electron chi connectivity index (χ2n) is 3.06. The zero-order valence-electron chi connectivity index (χ0n) is 8.73. The van der Waals surface area contributed by atoms with Crippen LogP contribution in [0.5, 0.6) is 0 Å². The van der Waals surface area contributed by atoms with Gasteiger partial charge in [0.15, 0.2) is 6.73 Å². The average Bonchev–Trinajstić information content (AvgIpc) is 2.29. The van der Waals surface area contributed by atoms with Crippen molar-refractivity contribution in [3.63, 3.8) is 0 Å². The Bertz CT molecular complexity index is 567. The zero-order chi connectivity index (χ0) is 12.8. The van der Waals surface area contributed by atoms with E-state index in [2.05, 4.69) is 10.7 Å². The molecule has 17 heavy (non-hydrogen) atoms. The third-order valence-corrected chi connectivity index (χ3v) is 1.81. The molecular formula is C10H9FN2O4. The number of hydrogen-bond donors (Lipinski definition) is 1. The van der Waals surface area contributed by atoms with Gasteiger partial charge in [-0.15, -0.1) is 12.3 Å². The van der Waals surface area contributed by atoms with Gasteiger partial charge in [-0.3, -0.25) is 19.1 Å². The zero-order valence-corrected chi connectivity index (χ0v) is 8.73. The summed E-state index contributed by atoms with van der Waals surface area (Å²) in [7, 11) is 0. The van der Waals surface area contributed by atoms with E-state index in [0.717, 1.165) is 4.57 Å². The van der Waals surface area contributed by atoms with Crippen LogP contribution in [-0.2, 0) is 16.3 Å². The first-order valence-electron chi connectivity index (χ1n) is 4.63. The number of terminal acetylenes is 1. The quantitative estimate of drug-likeness (QED) is 0.573. The number of aromatic amines is 1. The number of ether oxygens (including phenoxy) is 1. The van der Waals surface area contributed by atoms with Crippen LogP contribution in [0, 0.1) is 18.2 Å². The van der Waals surface area contributed by atoms with Gasteiger partial charge in [-0.25, -0.2) is 4.79 Å². The summed E-state index contributed by atoms with van der Waals surface area (Å²) >= 11 is 0. The summed E-state index contributed by atoms with van der Waals surface area (Å²) in [5.74, 6) is 0.503. The largest absolute Gasteiger partial charge is 0.444 e. The number of rotatable bonds is 4. The van der Waals surface area contributed by atoms with Crippen LogP contribution in [0.2, 0.25) is 0 Å². The molecule has 0 saturated heterocycles. The molecule has 90 valence electrons. The molecule has 0 radical (unpaired) electrons. The Morgan fingerprint density at radius 2 is 2.29 bits per heavy atom. The fourth-order valence-electron chi connectivity index (χ4n) is 0.967. The topological polar surface area (TPSA) is 81.2 Å². The van der Waals surface area contributed by atoms with Gasteiger partial charge in [-0.2, -0.15) is 4.39 Å². The van der Waals surface area contributed by atoms with E-state index < -0.39 is 29.8 Å². The fourth-order valence-corrected chi connectivity index (χ4v) is 0.967. The molecule has 0 bridgehead atoms. The molecule has 1 heterocycles. The maximum Gasteiger partial charge on any atom is 0.331 e. The van der Waals surface area contributed by atoms with Crippen molar-refractivity contribution in [1.82, 2.24) is 9.55 Å². The van der Waals surface area contributed by atoms with Crippen LogP contribution in [0.3, 0.4) is 0 Å². The summed E-state index contributed by atoms with van der Waals surface area (Å²) in [5, 5.41) is 0.